The van der Waals surface area contributed by atoms with Crippen LogP contribution in [0, 0.1) is 0 Å². The highest BCUT2D eigenvalue weighted by molar-refractivity contribution is 6.10. The monoisotopic (exact) mass is 340 g/mol. The molecule has 0 aromatic heterocycles. The quantitative estimate of drug-likeness (QED) is 0.851. The number of urea groups is 1. The normalized spacial score (nSPS) is 18.3. The van der Waals surface area contributed by atoms with Gasteiger partial charge in [0.25, 0.3) is 0 Å². The molecule has 0 radical (unpaired) electrons. The third kappa shape index (κ3) is 2.51. The van der Waals surface area contributed by atoms with E-state index in [1.165, 1.54) is 6.07 Å². The minimum absolute atomic E-state index is 0.0981. The van der Waals surface area contributed by atoms with Gasteiger partial charge in [0.1, 0.15) is 0 Å². The zero-order valence-electron chi connectivity index (χ0n) is 12.1. The van der Waals surface area contributed by atoms with E-state index >= 15 is 0 Å². The number of alkyl halides is 3. The van der Waals surface area contributed by atoms with Crippen LogP contribution in [0.15, 0.2) is 35.5 Å². The average Bonchev–Trinajstić information content (AvgIpc) is 2.86. The van der Waals surface area contributed by atoms with Crippen LogP contribution >= 0.6 is 0 Å². The third-order valence-electron chi connectivity index (χ3n) is 3.94. The van der Waals surface area contributed by atoms with Crippen LogP contribution in [0.2, 0.25) is 0 Å². The number of Topliss-reactive ketones (excluding diaryl/α,β-unsaturated/α-hetero) is 1. The van der Waals surface area contributed by atoms with Gasteiger partial charge in [-0.3, -0.25) is 9.69 Å². The van der Waals surface area contributed by atoms with E-state index in [2.05, 4.69) is 0 Å². The van der Waals surface area contributed by atoms with Crippen LogP contribution in [-0.4, -0.2) is 34.5 Å². The first-order valence-electron chi connectivity index (χ1n) is 6.97. The number of carboxylic acid groups (broad SMARTS) is 1. The summed E-state index contributed by atoms with van der Waals surface area (Å²) in [6, 6.07) is 3.02. The Morgan fingerprint density at radius 3 is 2.50 bits per heavy atom. The van der Waals surface area contributed by atoms with Crippen LogP contribution < -0.4 is 4.90 Å². The zero-order chi connectivity index (χ0) is 17.6. The minimum Gasteiger partial charge on any atom is -0.465 e. The van der Waals surface area contributed by atoms with Crippen LogP contribution in [0.4, 0.5) is 28.4 Å². The summed E-state index contributed by atoms with van der Waals surface area (Å²) in [6.45, 7) is -0.377. The number of rotatable bonds is 1. The van der Waals surface area contributed by atoms with E-state index in [1.807, 2.05) is 0 Å². The van der Waals surface area contributed by atoms with Crippen LogP contribution in [0.1, 0.15) is 18.4 Å². The molecule has 0 atom stereocenters. The van der Waals surface area contributed by atoms with Crippen molar-refractivity contribution in [3.05, 3.63) is 41.1 Å². The molecular weight excluding hydrogens is 329 g/mol. The number of ketones is 1. The predicted molar refractivity (Wildman–Crippen MR) is 75.3 cm³/mol. The largest absolute Gasteiger partial charge is 0.465 e. The van der Waals surface area contributed by atoms with Crippen LogP contribution in [0.25, 0.3) is 0 Å². The number of allylic oxidation sites excluding steroid dienone is 1. The van der Waals surface area contributed by atoms with Crippen LogP contribution in [-0.2, 0) is 11.0 Å². The Morgan fingerprint density at radius 1 is 1.17 bits per heavy atom. The first-order valence-corrected chi connectivity index (χ1v) is 6.97. The van der Waals surface area contributed by atoms with Crippen molar-refractivity contribution >= 4 is 23.6 Å². The maximum atomic E-state index is 12.9. The number of nitrogens with zero attached hydrogens (tertiary/aromatic N) is 2. The van der Waals surface area contributed by atoms with Crippen molar-refractivity contribution in [3.63, 3.8) is 0 Å². The molecule has 3 rings (SSSR count). The van der Waals surface area contributed by atoms with Crippen molar-refractivity contribution < 1.29 is 32.7 Å². The summed E-state index contributed by atoms with van der Waals surface area (Å²) in [5.74, 6) is -0.305. The van der Waals surface area contributed by atoms with Gasteiger partial charge in [-0.05, 0) is 24.6 Å². The summed E-state index contributed by atoms with van der Waals surface area (Å²) < 4.78 is 38.7. The number of carbonyl (C=O) groups is 3. The number of amides is 3. The molecule has 6 nitrogen and oxygen atoms in total. The fraction of sp³-hybridized carbons (Fsp3) is 0.267. The van der Waals surface area contributed by atoms with E-state index in [0.29, 0.717) is 4.90 Å². The molecule has 1 heterocycles. The second-order valence-corrected chi connectivity index (χ2v) is 5.38. The molecule has 3 amide bonds. The SMILES string of the molecule is O=C1CCC2=C1CN(C(=O)O)C(=O)N2c1cccc(C(F)(F)F)c1. The van der Waals surface area contributed by atoms with Gasteiger partial charge in [-0.25, -0.2) is 14.5 Å². The van der Waals surface area contributed by atoms with Gasteiger partial charge in [-0.2, -0.15) is 13.2 Å². The van der Waals surface area contributed by atoms with Gasteiger partial charge in [0.05, 0.1) is 17.8 Å². The topological polar surface area (TPSA) is 77.9 Å². The number of hydrogen-bond donors (Lipinski definition) is 1. The molecule has 9 heteroatoms. The molecule has 0 saturated carbocycles. The maximum Gasteiger partial charge on any atom is 0.416 e. The number of halogens is 3. The fourth-order valence-electron chi connectivity index (χ4n) is 2.82. The van der Waals surface area contributed by atoms with Crippen molar-refractivity contribution in [2.75, 3.05) is 11.4 Å². The Balaban J connectivity index is 2.12. The number of anilines is 1. The smallest absolute Gasteiger partial charge is 0.416 e. The Hall–Kier alpha value is -2.84. The molecule has 0 spiro atoms. The van der Waals surface area contributed by atoms with Gasteiger partial charge < -0.3 is 5.11 Å². The van der Waals surface area contributed by atoms with E-state index in [-0.39, 0.29) is 42.1 Å². The van der Waals surface area contributed by atoms with Crippen molar-refractivity contribution in [1.82, 2.24) is 4.90 Å². The molecular formula is C15H11F3N2O4. The highest BCUT2D eigenvalue weighted by Gasteiger charge is 2.42. The molecule has 0 fully saturated rings. The van der Waals surface area contributed by atoms with Crippen molar-refractivity contribution in [2.45, 2.75) is 19.0 Å². The van der Waals surface area contributed by atoms with E-state index in [1.54, 1.807) is 0 Å². The molecule has 126 valence electrons. The van der Waals surface area contributed by atoms with E-state index in [4.69, 9.17) is 5.11 Å². The first kappa shape index (κ1) is 16.0. The lowest BCUT2D eigenvalue weighted by Gasteiger charge is -2.34. The van der Waals surface area contributed by atoms with Crippen molar-refractivity contribution in [3.8, 4) is 0 Å². The lowest BCUT2D eigenvalue weighted by Crippen LogP contribution is -2.50. The molecule has 0 unspecified atom stereocenters. The summed E-state index contributed by atoms with van der Waals surface area (Å²) in [5.41, 5.74) is -0.675. The van der Waals surface area contributed by atoms with Gasteiger partial charge in [0.2, 0.25) is 0 Å². The summed E-state index contributed by atoms with van der Waals surface area (Å²) in [4.78, 5) is 36.8. The van der Waals surface area contributed by atoms with Gasteiger partial charge in [0.15, 0.2) is 5.78 Å². The third-order valence-corrected chi connectivity index (χ3v) is 3.94. The zero-order valence-corrected chi connectivity index (χ0v) is 12.1. The average molecular weight is 340 g/mol. The van der Waals surface area contributed by atoms with Gasteiger partial charge in [-0.1, -0.05) is 6.07 Å². The number of imide groups is 1. The van der Waals surface area contributed by atoms with Gasteiger partial charge in [-0.15, -0.1) is 0 Å². The number of benzene rings is 1. The van der Waals surface area contributed by atoms with Crippen molar-refractivity contribution in [2.24, 2.45) is 0 Å². The highest BCUT2D eigenvalue weighted by atomic mass is 19.4. The van der Waals surface area contributed by atoms with Crippen LogP contribution in [0.3, 0.4) is 0 Å². The summed E-state index contributed by atoms with van der Waals surface area (Å²) in [7, 11) is 0. The molecule has 2 aliphatic rings. The minimum atomic E-state index is -4.61. The lowest BCUT2D eigenvalue weighted by molar-refractivity contribution is -0.137. The van der Waals surface area contributed by atoms with Gasteiger partial charge >= 0.3 is 18.3 Å². The summed E-state index contributed by atoms with van der Waals surface area (Å²) >= 11 is 0. The first-order chi connectivity index (χ1) is 11.2. The standard InChI is InChI=1S/C15H11F3N2O4/c16-15(17,18)8-2-1-3-9(6-8)20-11-4-5-12(21)10(11)7-19(13(20)22)14(23)24/h1-3,6H,4-5,7H2,(H,23,24). The fourth-order valence-corrected chi connectivity index (χ4v) is 2.82. The molecule has 0 bridgehead atoms. The van der Waals surface area contributed by atoms with Gasteiger partial charge in [0, 0.05) is 17.7 Å². The molecule has 1 aliphatic carbocycles. The Bertz CT molecular complexity index is 785. The molecule has 0 saturated heterocycles. The van der Waals surface area contributed by atoms with E-state index in [9.17, 15) is 27.6 Å². The summed E-state index contributed by atoms with van der Waals surface area (Å²) in [5, 5.41) is 9.13. The Labute approximate surface area is 133 Å². The Morgan fingerprint density at radius 2 is 1.88 bits per heavy atom. The summed E-state index contributed by atoms with van der Waals surface area (Å²) in [6.07, 6.45) is -5.89. The molecule has 1 aromatic rings. The second-order valence-electron chi connectivity index (χ2n) is 5.38. The van der Waals surface area contributed by atoms with Crippen molar-refractivity contribution in [1.29, 1.82) is 0 Å². The van der Waals surface area contributed by atoms with E-state index < -0.39 is 23.9 Å². The Kier molecular flexibility index (Phi) is 3.58. The van der Waals surface area contributed by atoms with E-state index in [0.717, 1.165) is 23.1 Å². The highest BCUT2D eigenvalue weighted by Crippen LogP contribution is 2.38. The molecule has 1 aliphatic heterocycles. The predicted octanol–water partition coefficient (Wildman–Crippen LogP) is 3.24. The molecule has 1 N–H and O–H groups in total. The second kappa shape index (κ2) is 5.36. The maximum absolute atomic E-state index is 12.9. The molecule has 1 aromatic carbocycles. The number of carbonyl (C=O) groups excluding carboxylic acids is 2. The lowest BCUT2D eigenvalue weighted by atomic mass is 10.1. The van der Waals surface area contributed by atoms with Crippen LogP contribution in [0.5, 0.6) is 0 Å². The molecule has 24 heavy (non-hydrogen) atoms. The number of hydrogen-bond acceptors (Lipinski definition) is 3.